The van der Waals surface area contributed by atoms with Crippen molar-refractivity contribution in [2.24, 2.45) is 5.92 Å². The van der Waals surface area contributed by atoms with Gasteiger partial charge in [-0.1, -0.05) is 0 Å². The van der Waals surface area contributed by atoms with Crippen molar-refractivity contribution in [3.63, 3.8) is 0 Å². The molecule has 0 aliphatic carbocycles. The molecule has 0 amide bonds. The Labute approximate surface area is 101 Å². The lowest BCUT2D eigenvalue weighted by atomic mass is 9.99. The van der Waals surface area contributed by atoms with E-state index in [-0.39, 0.29) is 5.75 Å². The molecular weight excluding hydrogens is 270 g/mol. The first-order valence-electron chi connectivity index (χ1n) is 5.30. The molecule has 16 heavy (non-hydrogen) atoms. The molecule has 2 aromatic rings. The van der Waals surface area contributed by atoms with Crippen LogP contribution in [0.25, 0.3) is 5.52 Å². The van der Waals surface area contributed by atoms with E-state index in [1.807, 2.05) is 10.6 Å². The summed E-state index contributed by atoms with van der Waals surface area (Å²) in [6.07, 6.45) is 2.84. The standard InChI is InChI=1S/C11H12BrN3O/c12-11-9-4-8(16)1-2-15(9)10(14-11)3-7-5-13-6-7/h1-2,4,7,13,16H,3,5-6H2. The minimum atomic E-state index is 0.268. The van der Waals surface area contributed by atoms with E-state index in [9.17, 15) is 5.11 Å². The molecule has 1 saturated heterocycles. The fraction of sp³-hybridized carbons (Fsp3) is 0.364. The average molecular weight is 282 g/mol. The quantitative estimate of drug-likeness (QED) is 0.879. The first-order chi connectivity index (χ1) is 7.74. The summed E-state index contributed by atoms with van der Waals surface area (Å²) < 4.78 is 2.83. The number of halogens is 1. The Kier molecular flexibility index (Phi) is 2.37. The number of imidazole rings is 1. The molecule has 0 atom stereocenters. The third kappa shape index (κ3) is 1.60. The van der Waals surface area contributed by atoms with Gasteiger partial charge in [-0.2, -0.15) is 0 Å². The van der Waals surface area contributed by atoms with Crippen molar-refractivity contribution < 1.29 is 5.11 Å². The number of aromatic hydroxyl groups is 1. The van der Waals surface area contributed by atoms with Gasteiger partial charge in [0.25, 0.3) is 0 Å². The fourth-order valence-corrected chi connectivity index (χ4v) is 2.50. The van der Waals surface area contributed by atoms with Gasteiger partial charge in [0, 0.05) is 18.7 Å². The van der Waals surface area contributed by atoms with Crippen molar-refractivity contribution in [3.05, 3.63) is 28.8 Å². The Morgan fingerprint density at radius 1 is 1.56 bits per heavy atom. The van der Waals surface area contributed by atoms with Crippen LogP contribution in [-0.2, 0) is 6.42 Å². The Bertz CT molecular complexity index is 533. The van der Waals surface area contributed by atoms with E-state index in [1.54, 1.807) is 12.1 Å². The maximum absolute atomic E-state index is 9.43. The van der Waals surface area contributed by atoms with Crippen LogP contribution in [0, 0.1) is 5.92 Å². The van der Waals surface area contributed by atoms with Crippen LogP contribution >= 0.6 is 15.9 Å². The van der Waals surface area contributed by atoms with Gasteiger partial charge in [-0.05, 0) is 41.0 Å². The van der Waals surface area contributed by atoms with Crippen LogP contribution in [0.5, 0.6) is 5.75 Å². The van der Waals surface area contributed by atoms with Crippen LogP contribution in [0.2, 0.25) is 0 Å². The molecule has 3 heterocycles. The Morgan fingerprint density at radius 2 is 2.38 bits per heavy atom. The lowest BCUT2D eigenvalue weighted by Crippen LogP contribution is -2.43. The first-order valence-corrected chi connectivity index (χ1v) is 6.09. The molecule has 2 N–H and O–H groups in total. The summed E-state index contributed by atoms with van der Waals surface area (Å²) >= 11 is 3.42. The van der Waals surface area contributed by atoms with Gasteiger partial charge in [0.2, 0.25) is 0 Å². The molecule has 0 spiro atoms. The van der Waals surface area contributed by atoms with E-state index >= 15 is 0 Å². The molecule has 84 valence electrons. The zero-order chi connectivity index (χ0) is 11.1. The van der Waals surface area contributed by atoms with E-state index in [4.69, 9.17) is 0 Å². The number of nitrogens with zero attached hydrogens (tertiary/aromatic N) is 2. The minimum absolute atomic E-state index is 0.268. The summed E-state index contributed by atoms with van der Waals surface area (Å²) in [5, 5.41) is 12.7. The zero-order valence-electron chi connectivity index (χ0n) is 8.65. The predicted molar refractivity (Wildman–Crippen MR) is 64.6 cm³/mol. The summed E-state index contributed by atoms with van der Waals surface area (Å²) in [6.45, 7) is 2.15. The number of rotatable bonds is 2. The lowest BCUT2D eigenvalue weighted by molar-refractivity contribution is 0.340. The van der Waals surface area contributed by atoms with Crippen LogP contribution < -0.4 is 5.32 Å². The van der Waals surface area contributed by atoms with E-state index in [1.165, 1.54) is 0 Å². The number of fused-ring (bicyclic) bond motifs is 1. The van der Waals surface area contributed by atoms with E-state index in [0.29, 0.717) is 5.92 Å². The monoisotopic (exact) mass is 281 g/mol. The number of pyridine rings is 1. The minimum Gasteiger partial charge on any atom is -0.508 e. The second-order valence-electron chi connectivity index (χ2n) is 4.19. The Morgan fingerprint density at radius 3 is 3.06 bits per heavy atom. The third-order valence-corrected chi connectivity index (χ3v) is 3.58. The van der Waals surface area contributed by atoms with Gasteiger partial charge in [0.15, 0.2) is 0 Å². The van der Waals surface area contributed by atoms with E-state index < -0.39 is 0 Å². The highest BCUT2D eigenvalue weighted by atomic mass is 79.9. The molecule has 0 unspecified atom stereocenters. The summed E-state index contributed by atoms with van der Waals surface area (Å²) in [4.78, 5) is 4.49. The largest absolute Gasteiger partial charge is 0.508 e. The Balaban J connectivity index is 2.03. The molecule has 2 aromatic heterocycles. The number of aromatic nitrogens is 2. The van der Waals surface area contributed by atoms with Crippen molar-refractivity contribution in [1.82, 2.24) is 14.7 Å². The first kappa shape index (κ1) is 10.1. The molecule has 0 bridgehead atoms. The van der Waals surface area contributed by atoms with Crippen LogP contribution in [0.15, 0.2) is 22.9 Å². The van der Waals surface area contributed by atoms with Gasteiger partial charge in [-0.25, -0.2) is 4.98 Å². The van der Waals surface area contributed by atoms with Crippen molar-refractivity contribution >= 4 is 21.4 Å². The van der Waals surface area contributed by atoms with Gasteiger partial charge < -0.3 is 14.8 Å². The maximum Gasteiger partial charge on any atom is 0.132 e. The second kappa shape index (κ2) is 3.75. The van der Waals surface area contributed by atoms with Gasteiger partial charge in [0.05, 0.1) is 5.52 Å². The number of hydrogen-bond donors (Lipinski definition) is 2. The maximum atomic E-state index is 9.43. The molecule has 5 heteroatoms. The molecular formula is C11H12BrN3O. The van der Waals surface area contributed by atoms with Crippen molar-refractivity contribution in [3.8, 4) is 5.75 Å². The summed E-state index contributed by atoms with van der Waals surface area (Å²) in [5.74, 6) is 2.00. The molecule has 1 aliphatic heterocycles. The number of nitrogens with one attached hydrogen (secondary N) is 1. The van der Waals surface area contributed by atoms with Crippen LogP contribution in [0.3, 0.4) is 0 Å². The fourth-order valence-electron chi connectivity index (χ4n) is 1.99. The van der Waals surface area contributed by atoms with Gasteiger partial charge >= 0.3 is 0 Å². The molecule has 0 aromatic carbocycles. The van der Waals surface area contributed by atoms with Gasteiger partial charge in [0.1, 0.15) is 16.2 Å². The smallest absolute Gasteiger partial charge is 0.132 e. The summed E-state index contributed by atoms with van der Waals surface area (Å²) in [6, 6.07) is 3.41. The highest BCUT2D eigenvalue weighted by Crippen LogP contribution is 2.24. The van der Waals surface area contributed by atoms with E-state index in [2.05, 4.69) is 26.2 Å². The van der Waals surface area contributed by atoms with E-state index in [0.717, 1.165) is 35.5 Å². The molecule has 1 aliphatic rings. The Hall–Kier alpha value is -1.07. The molecule has 0 saturated carbocycles. The van der Waals surface area contributed by atoms with Crippen LogP contribution in [-0.4, -0.2) is 27.6 Å². The van der Waals surface area contributed by atoms with Crippen molar-refractivity contribution in [2.75, 3.05) is 13.1 Å². The molecule has 0 radical (unpaired) electrons. The van der Waals surface area contributed by atoms with Crippen LogP contribution in [0.1, 0.15) is 5.82 Å². The zero-order valence-corrected chi connectivity index (χ0v) is 10.2. The number of hydrogen-bond acceptors (Lipinski definition) is 3. The van der Waals surface area contributed by atoms with Crippen molar-refractivity contribution in [2.45, 2.75) is 6.42 Å². The molecule has 3 rings (SSSR count). The summed E-state index contributed by atoms with van der Waals surface area (Å²) in [7, 11) is 0. The van der Waals surface area contributed by atoms with Gasteiger partial charge in [-0.3, -0.25) is 0 Å². The van der Waals surface area contributed by atoms with Crippen molar-refractivity contribution in [1.29, 1.82) is 0 Å². The van der Waals surface area contributed by atoms with Gasteiger partial charge in [-0.15, -0.1) is 0 Å². The average Bonchev–Trinajstić information content (AvgIpc) is 2.50. The molecule has 1 fully saturated rings. The second-order valence-corrected chi connectivity index (χ2v) is 4.94. The topological polar surface area (TPSA) is 49.6 Å². The lowest BCUT2D eigenvalue weighted by Gasteiger charge is -2.26. The van der Waals surface area contributed by atoms with Crippen LogP contribution in [0.4, 0.5) is 0 Å². The SMILES string of the molecule is Oc1ccn2c(CC3CNC3)nc(Br)c2c1. The predicted octanol–water partition coefficient (Wildman–Crippen LogP) is 1.56. The summed E-state index contributed by atoms with van der Waals surface area (Å²) in [5.41, 5.74) is 0.919. The third-order valence-electron chi connectivity index (χ3n) is 2.99. The highest BCUT2D eigenvalue weighted by Gasteiger charge is 2.20. The normalized spacial score (nSPS) is 16.6. The highest BCUT2D eigenvalue weighted by molar-refractivity contribution is 9.10. The molecule has 4 nitrogen and oxygen atoms in total.